The van der Waals surface area contributed by atoms with E-state index in [4.69, 9.17) is 11.6 Å². The van der Waals surface area contributed by atoms with Gasteiger partial charge in [0.1, 0.15) is 4.21 Å². The predicted molar refractivity (Wildman–Crippen MR) is 96.7 cm³/mol. The van der Waals surface area contributed by atoms with Crippen LogP contribution in [-0.2, 0) is 21.2 Å². The first-order valence-electron chi connectivity index (χ1n) is 7.27. The van der Waals surface area contributed by atoms with E-state index < -0.39 is 15.9 Å². The van der Waals surface area contributed by atoms with E-state index in [1.807, 2.05) is 37.3 Å². The van der Waals surface area contributed by atoms with Crippen molar-refractivity contribution in [2.75, 3.05) is 0 Å². The van der Waals surface area contributed by atoms with Crippen LogP contribution < -0.4 is 4.72 Å². The van der Waals surface area contributed by atoms with Crippen LogP contribution in [0.3, 0.4) is 0 Å². The van der Waals surface area contributed by atoms with Crippen LogP contribution in [0.1, 0.15) is 11.4 Å². The third kappa shape index (κ3) is 4.09. The molecule has 0 aliphatic heterocycles. The quantitative estimate of drug-likeness (QED) is 0.720. The van der Waals surface area contributed by atoms with Gasteiger partial charge in [0, 0.05) is 0 Å². The van der Waals surface area contributed by atoms with Crippen molar-refractivity contribution in [1.82, 2.24) is 14.5 Å². The summed E-state index contributed by atoms with van der Waals surface area (Å²) >= 11 is 6.65. The summed E-state index contributed by atoms with van der Waals surface area (Å²) in [5.41, 5.74) is 2.13. The number of hydrogen-bond acceptors (Lipinski definition) is 5. The average Bonchev–Trinajstić information content (AvgIpc) is 3.14. The van der Waals surface area contributed by atoms with Gasteiger partial charge in [-0.15, -0.1) is 11.3 Å². The minimum absolute atomic E-state index is 0.00130. The largest absolute Gasteiger partial charge is 0.274 e. The van der Waals surface area contributed by atoms with Gasteiger partial charge >= 0.3 is 0 Å². The van der Waals surface area contributed by atoms with Crippen molar-refractivity contribution in [3.63, 3.8) is 0 Å². The zero-order chi connectivity index (χ0) is 18.0. The SMILES string of the molecule is Cc1cc(CC(=O)NS(=O)(=O)c2ccc(Cl)s2)n(-c2ccccc2)n1. The molecule has 0 unspecified atom stereocenters. The molecule has 1 amide bonds. The smallest absolute Gasteiger partial charge is 0.273 e. The van der Waals surface area contributed by atoms with Gasteiger partial charge in [-0.2, -0.15) is 5.10 Å². The van der Waals surface area contributed by atoms with Gasteiger partial charge in [-0.25, -0.2) is 17.8 Å². The van der Waals surface area contributed by atoms with Gasteiger partial charge in [0.25, 0.3) is 10.0 Å². The van der Waals surface area contributed by atoms with E-state index in [-0.39, 0.29) is 10.6 Å². The van der Waals surface area contributed by atoms with Crippen LogP contribution in [0.2, 0.25) is 4.34 Å². The molecule has 3 aromatic rings. The number of halogens is 1. The number of carbonyl (C=O) groups is 1. The van der Waals surface area contributed by atoms with Crippen molar-refractivity contribution in [1.29, 1.82) is 0 Å². The number of nitrogens with zero attached hydrogens (tertiary/aromatic N) is 2. The highest BCUT2D eigenvalue weighted by Crippen LogP contribution is 2.25. The number of benzene rings is 1. The van der Waals surface area contributed by atoms with Crippen molar-refractivity contribution in [2.45, 2.75) is 17.6 Å². The van der Waals surface area contributed by atoms with Gasteiger partial charge < -0.3 is 0 Å². The van der Waals surface area contributed by atoms with Gasteiger partial charge in [-0.1, -0.05) is 29.8 Å². The third-order valence-electron chi connectivity index (χ3n) is 3.31. The lowest BCUT2D eigenvalue weighted by Crippen LogP contribution is -2.31. The number of nitrogens with one attached hydrogen (secondary N) is 1. The summed E-state index contributed by atoms with van der Waals surface area (Å²) in [6, 6.07) is 13.9. The minimum Gasteiger partial charge on any atom is -0.274 e. The molecule has 0 spiro atoms. The molecule has 2 aromatic heterocycles. The van der Waals surface area contributed by atoms with Crippen molar-refractivity contribution in [3.8, 4) is 5.69 Å². The van der Waals surface area contributed by atoms with Gasteiger partial charge in [0.15, 0.2) is 0 Å². The Morgan fingerprint density at radius 1 is 1.24 bits per heavy atom. The highest BCUT2D eigenvalue weighted by molar-refractivity contribution is 7.92. The molecule has 1 N–H and O–H groups in total. The Morgan fingerprint density at radius 2 is 1.96 bits per heavy atom. The fourth-order valence-corrected chi connectivity index (χ4v) is 4.78. The van der Waals surface area contributed by atoms with Crippen molar-refractivity contribution < 1.29 is 13.2 Å². The molecular formula is C16H14ClN3O3S2. The summed E-state index contributed by atoms with van der Waals surface area (Å²) in [4.78, 5) is 12.2. The molecule has 9 heteroatoms. The fraction of sp³-hybridized carbons (Fsp3) is 0.125. The Labute approximate surface area is 154 Å². The number of para-hydroxylation sites is 1. The normalized spacial score (nSPS) is 11.4. The molecule has 25 heavy (non-hydrogen) atoms. The summed E-state index contributed by atoms with van der Waals surface area (Å²) < 4.78 is 28.4. The Balaban J connectivity index is 1.80. The predicted octanol–water partition coefficient (Wildman–Crippen LogP) is 2.94. The summed E-state index contributed by atoms with van der Waals surface area (Å²) in [7, 11) is -3.92. The van der Waals surface area contributed by atoms with Crippen LogP contribution in [0.15, 0.2) is 52.7 Å². The maximum absolute atomic E-state index is 12.2. The van der Waals surface area contributed by atoms with E-state index in [2.05, 4.69) is 9.82 Å². The Morgan fingerprint density at radius 3 is 2.60 bits per heavy atom. The van der Waals surface area contributed by atoms with E-state index in [0.717, 1.165) is 22.7 Å². The lowest BCUT2D eigenvalue weighted by molar-refractivity contribution is -0.118. The van der Waals surface area contributed by atoms with Crippen LogP contribution in [0.5, 0.6) is 0 Å². The van der Waals surface area contributed by atoms with Crippen LogP contribution >= 0.6 is 22.9 Å². The van der Waals surface area contributed by atoms with Crippen LogP contribution in [-0.4, -0.2) is 24.1 Å². The molecule has 1 aromatic carbocycles. The lowest BCUT2D eigenvalue weighted by atomic mass is 10.2. The monoisotopic (exact) mass is 395 g/mol. The van der Waals surface area contributed by atoms with E-state index in [1.54, 1.807) is 10.7 Å². The number of thiophene rings is 1. The Hall–Kier alpha value is -2.16. The van der Waals surface area contributed by atoms with Crippen molar-refractivity contribution >= 4 is 38.9 Å². The van der Waals surface area contributed by atoms with Gasteiger partial charge in [0.05, 0.1) is 27.8 Å². The molecule has 0 atom stereocenters. The number of hydrogen-bond donors (Lipinski definition) is 1. The second-order valence-electron chi connectivity index (χ2n) is 5.29. The van der Waals surface area contributed by atoms with E-state index in [9.17, 15) is 13.2 Å². The van der Waals surface area contributed by atoms with Crippen LogP contribution in [0.25, 0.3) is 5.69 Å². The van der Waals surface area contributed by atoms with Crippen LogP contribution in [0, 0.1) is 6.92 Å². The number of aryl methyl sites for hydroxylation is 1. The zero-order valence-corrected chi connectivity index (χ0v) is 15.5. The molecule has 0 bridgehead atoms. The summed E-state index contributed by atoms with van der Waals surface area (Å²) in [5.74, 6) is -0.637. The molecule has 2 heterocycles. The molecular weight excluding hydrogens is 382 g/mol. The fourth-order valence-electron chi connectivity index (χ4n) is 2.31. The summed E-state index contributed by atoms with van der Waals surface area (Å²) in [6.45, 7) is 1.81. The standard InChI is InChI=1S/C16H14ClN3O3S2/c1-11-9-13(20(18-11)12-5-3-2-4-6-12)10-15(21)19-25(22,23)16-8-7-14(17)24-16/h2-9H,10H2,1H3,(H,19,21). The van der Waals surface area contributed by atoms with Crippen LogP contribution in [0.4, 0.5) is 0 Å². The highest BCUT2D eigenvalue weighted by Gasteiger charge is 2.21. The Kier molecular flexibility index (Phi) is 4.94. The number of sulfonamides is 1. The van der Waals surface area contributed by atoms with Crippen molar-refractivity contribution in [2.24, 2.45) is 0 Å². The maximum atomic E-state index is 12.2. The van der Waals surface area contributed by atoms with E-state index in [0.29, 0.717) is 10.0 Å². The number of rotatable bonds is 5. The third-order valence-corrected chi connectivity index (χ3v) is 6.41. The summed E-state index contributed by atoms with van der Waals surface area (Å²) in [5, 5.41) is 4.36. The maximum Gasteiger partial charge on any atom is 0.273 e. The molecule has 0 radical (unpaired) electrons. The lowest BCUT2D eigenvalue weighted by Gasteiger charge is -2.08. The first-order chi connectivity index (χ1) is 11.8. The first kappa shape index (κ1) is 17.7. The van der Waals surface area contributed by atoms with Crippen molar-refractivity contribution in [3.05, 3.63) is 64.3 Å². The molecule has 0 aliphatic rings. The molecule has 3 rings (SSSR count). The Bertz CT molecular complexity index is 1010. The second-order valence-corrected chi connectivity index (χ2v) is 8.91. The molecule has 6 nitrogen and oxygen atoms in total. The number of amides is 1. The molecule has 0 saturated carbocycles. The topological polar surface area (TPSA) is 81.1 Å². The summed E-state index contributed by atoms with van der Waals surface area (Å²) in [6.07, 6.45) is -0.117. The minimum atomic E-state index is -3.92. The molecule has 130 valence electrons. The number of aromatic nitrogens is 2. The average molecular weight is 396 g/mol. The first-order valence-corrected chi connectivity index (χ1v) is 9.95. The molecule has 0 fully saturated rings. The van der Waals surface area contributed by atoms with Gasteiger partial charge in [-0.05, 0) is 37.3 Å². The zero-order valence-electron chi connectivity index (χ0n) is 13.1. The van der Waals surface area contributed by atoms with Gasteiger partial charge in [-0.3, -0.25) is 4.79 Å². The van der Waals surface area contributed by atoms with Gasteiger partial charge in [0.2, 0.25) is 5.91 Å². The van der Waals surface area contributed by atoms with E-state index in [1.165, 1.54) is 12.1 Å². The van der Waals surface area contributed by atoms with E-state index >= 15 is 0 Å². The second kappa shape index (κ2) is 6.99. The number of carbonyl (C=O) groups excluding carboxylic acids is 1. The molecule has 0 aliphatic carbocycles. The highest BCUT2D eigenvalue weighted by atomic mass is 35.5. The molecule has 0 saturated heterocycles.